The van der Waals surface area contributed by atoms with E-state index in [-0.39, 0.29) is 6.04 Å². The lowest BCUT2D eigenvalue weighted by atomic mass is 9.86. The van der Waals surface area contributed by atoms with Crippen molar-refractivity contribution in [2.75, 3.05) is 13.7 Å². The van der Waals surface area contributed by atoms with Gasteiger partial charge in [0.1, 0.15) is 11.5 Å². The fraction of sp³-hybridized carbons (Fsp3) is 0.294. The number of hydrogen-bond acceptors (Lipinski definition) is 3. The first kappa shape index (κ1) is 13.0. The highest BCUT2D eigenvalue weighted by molar-refractivity contribution is 5.36. The summed E-state index contributed by atoms with van der Waals surface area (Å²) in [5.41, 5.74) is 2.45. The van der Waals surface area contributed by atoms with Crippen molar-refractivity contribution in [3.63, 3.8) is 0 Å². The number of fused-ring (bicyclic) bond motifs is 1. The highest BCUT2D eigenvalue weighted by Crippen LogP contribution is 2.33. The summed E-state index contributed by atoms with van der Waals surface area (Å²) in [6.45, 7) is 0.712. The summed E-state index contributed by atoms with van der Waals surface area (Å²) >= 11 is 0. The van der Waals surface area contributed by atoms with Crippen LogP contribution in [0.15, 0.2) is 48.5 Å². The maximum absolute atomic E-state index is 9.41. The van der Waals surface area contributed by atoms with Gasteiger partial charge in [0, 0.05) is 12.0 Å². The molecular formula is C17H19NO2. The minimum absolute atomic E-state index is 0.226. The van der Waals surface area contributed by atoms with E-state index in [1.54, 1.807) is 12.1 Å². The molecule has 2 atom stereocenters. The fourth-order valence-corrected chi connectivity index (χ4v) is 2.92. The number of hydrogen-bond donors (Lipinski definition) is 2. The summed E-state index contributed by atoms with van der Waals surface area (Å²) in [5.74, 6) is 1.69. The van der Waals surface area contributed by atoms with Crippen LogP contribution in [0, 0.1) is 5.92 Å². The molecule has 0 saturated carbocycles. The molecule has 0 amide bonds. The van der Waals surface area contributed by atoms with Gasteiger partial charge >= 0.3 is 0 Å². The third kappa shape index (κ3) is 2.49. The van der Waals surface area contributed by atoms with Crippen molar-refractivity contribution in [1.29, 1.82) is 0 Å². The number of para-hydroxylation sites is 1. The topological polar surface area (TPSA) is 41.5 Å². The molecule has 0 spiro atoms. The predicted octanol–water partition coefficient (Wildman–Crippen LogP) is 2.90. The van der Waals surface area contributed by atoms with E-state index in [0.29, 0.717) is 18.3 Å². The Morgan fingerprint density at radius 3 is 2.65 bits per heavy atom. The van der Waals surface area contributed by atoms with E-state index in [1.807, 2.05) is 31.3 Å². The first-order chi connectivity index (χ1) is 9.78. The molecule has 1 aliphatic heterocycles. The molecule has 2 N–H and O–H groups in total. The van der Waals surface area contributed by atoms with E-state index in [2.05, 4.69) is 17.4 Å². The van der Waals surface area contributed by atoms with Crippen LogP contribution in [-0.4, -0.2) is 18.8 Å². The summed E-state index contributed by atoms with van der Waals surface area (Å²) in [7, 11) is 1.97. The summed E-state index contributed by atoms with van der Waals surface area (Å²) in [6.07, 6.45) is 1.00. The molecule has 0 radical (unpaired) electrons. The lowest BCUT2D eigenvalue weighted by molar-refractivity contribution is 0.188. The SMILES string of the molecule is CNC(c1ccc(O)cc1)C1COc2ccccc2C1. The number of phenols is 1. The Bertz CT molecular complexity index is 580. The Kier molecular flexibility index (Phi) is 3.61. The number of phenolic OH excluding ortho intramolecular Hbond substituents is 1. The van der Waals surface area contributed by atoms with Gasteiger partial charge in [0.25, 0.3) is 0 Å². The zero-order valence-electron chi connectivity index (χ0n) is 11.5. The van der Waals surface area contributed by atoms with Crippen molar-refractivity contribution in [3.8, 4) is 11.5 Å². The van der Waals surface area contributed by atoms with Crippen molar-refractivity contribution >= 4 is 0 Å². The average molecular weight is 269 g/mol. The molecule has 0 saturated heterocycles. The second-order valence-electron chi connectivity index (χ2n) is 5.24. The van der Waals surface area contributed by atoms with Crippen LogP contribution in [0.4, 0.5) is 0 Å². The van der Waals surface area contributed by atoms with Crippen LogP contribution in [0.2, 0.25) is 0 Å². The molecule has 2 aromatic carbocycles. The van der Waals surface area contributed by atoms with Gasteiger partial charge in [-0.15, -0.1) is 0 Å². The van der Waals surface area contributed by atoms with Crippen molar-refractivity contribution in [2.24, 2.45) is 5.92 Å². The Balaban J connectivity index is 1.83. The molecule has 1 heterocycles. The van der Waals surface area contributed by atoms with Gasteiger partial charge in [0.2, 0.25) is 0 Å². The number of aromatic hydroxyl groups is 1. The smallest absolute Gasteiger partial charge is 0.122 e. The van der Waals surface area contributed by atoms with Crippen LogP contribution < -0.4 is 10.1 Å². The van der Waals surface area contributed by atoms with Gasteiger partial charge in [-0.25, -0.2) is 0 Å². The van der Waals surface area contributed by atoms with Crippen LogP contribution >= 0.6 is 0 Å². The van der Waals surface area contributed by atoms with E-state index in [1.165, 1.54) is 11.1 Å². The van der Waals surface area contributed by atoms with Crippen molar-refractivity contribution in [1.82, 2.24) is 5.32 Å². The summed E-state index contributed by atoms with van der Waals surface area (Å²) in [5, 5.41) is 12.8. The Morgan fingerprint density at radius 1 is 1.15 bits per heavy atom. The molecular weight excluding hydrogens is 250 g/mol. The second-order valence-corrected chi connectivity index (χ2v) is 5.24. The second kappa shape index (κ2) is 5.55. The largest absolute Gasteiger partial charge is 0.508 e. The molecule has 3 heteroatoms. The minimum Gasteiger partial charge on any atom is -0.508 e. The number of nitrogens with one attached hydrogen (secondary N) is 1. The average Bonchev–Trinajstić information content (AvgIpc) is 2.50. The van der Waals surface area contributed by atoms with Crippen LogP contribution in [0.1, 0.15) is 17.2 Å². The highest BCUT2D eigenvalue weighted by atomic mass is 16.5. The lowest BCUT2D eigenvalue weighted by Gasteiger charge is -2.31. The number of ether oxygens (including phenoxy) is 1. The van der Waals surface area contributed by atoms with Crippen molar-refractivity contribution in [3.05, 3.63) is 59.7 Å². The number of benzene rings is 2. The summed E-state index contributed by atoms with van der Waals surface area (Å²) in [4.78, 5) is 0. The van der Waals surface area contributed by atoms with Gasteiger partial charge in [-0.1, -0.05) is 30.3 Å². The zero-order chi connectivity index (χ0) is 13.9. The third-order valence-corrected chi connectivity index (χ3v) is 3.94. The molecule has 0 aliphatic carbocycles. The van der Waals surface area contributed by atoms with Crippen LogP contribution in [0.25, 0.3) is 0 Å². The van der Waals surface area contributed by atoms with Crippen molar-refractivity contribution < 1.29 is 9.84 Å². The highest BCUT2D eigenvalue weighted by Gasteiger charge is 2.27. The maximum Gasteiger partial charge on any atom is 0.122 e. The summed E-state index contributed by atoms with van der Waals surface area (Å²) in [6, 6.07) is 15.9. The maximum atomic E-state index is 9.41. The van der Waals surface area contributed by atoms with Gasteiger partial charge in [0.05, 0.1) is 6.61 Å². The molecule has 3 rings (SSSR count). The molecule has 3 nitrogen and oxygen atoms in total. The number of rotatable bonds is 3. The fourth-order valence-electron chi connectivity index (χ4n) is 2.92. The molecule has 20 heavy (non-hydrogen) atoms. The zero-order valence-corrected chi connectivity index (χ0v) is 11.5. The standard InChI is InChI=1S/C17H19NO2/c1-18-17(12-6-8-15(19)9-7-12)14-10-13-4-2-3-5-16(13)20-11-14/h2-9,14,17-19H,10-11H2,1H3. The van der Waals surface area contributed by atoms with E-state index < -0.39 is 0 Å². The molecule has 2 unspecified atom stereocenters. The Labute approximate surface area is 119 Å². The van der Waals surface area contributed by atoms with Gasteiger partial charge < -0.3 is 15.2 Å². The lowest BCUT2D eigenvalue weighted by Crippen LogP contribution is -2.33. The molecule has 2 aromatic rings. The van der Waals surface area contributed by atoms with E-state index >= 15 is 0 Å². The van der Waals surface area contributed by atoms with Crippen molar-refractivity contribution in [2.45, 2.75) is 12.5 Å². The van der Waals surface area contributed by atoms with Gasteiger partial charge in [-0.2, -0.15) is 0 Å². The normalized spacial score (nSPS) is 18.9. The van der Waals surface area contributed by atoms with E-state index in [4.69, 9.17) is 4.74 Å². The Hall–Kier alpha value is -2.00. The van der Waals surface area contributed by atoms with Gasteiger partial charge in [-0.3, -0.25) is 0 Å². The minimum atomic E-state index is 0.226. The van der Waals surface area contributed by atoms with Gasteiger partial charge in [0.15, 0.2) is 0 Å². The molecule has 0 bridgehead atoms. The molecule has 1 aliphatic rings. The van der Waals surface area contributed by atoms with E-state index in [9.17, 15) is 5.11 Å². The van der Waals surface area contributed by atoms with E-state index in [0.717, 1.165) is 12.2 Å². The third-order valence-electron chi connectivity index (χ3n) is 3.94. The monoisotopic (exact) mass is 269 g/mol. The first-order valence-electron chi connectivity index (χ1n) is 6.95. The van der Waals surface area contributed by atoms with Gasteiger partial charge in [-0.05, 0) is 42.8 Å². The van der Waals surface area contributed by atoms with Crippen LogP contribution in [0.3, 0.4) is 0 Å². The molecule has 104 valence electrons. The molecule has 0 fully saturated rings. The molecule has 0 aromatic heterocycles. The van der Waals surface area contributed by atoms with Crippen LogP contribution in [-0.2, 0) is 6.42 Å². The first-order valence-corrected chi connectivity index (χ1v) is 6.95. The predicted molar refractivity (Wildman–Crippen MR) is 79.0 cm³/mol. The Morgan fingerprint density at radius 2 is 1.90 bits per heavy atom. The summed E-state index contributed by atoms with van der Waals surface area (Å²) < 4.78 is 5.87. The quantitative estimate of drug-likeness (QED) is 0.900. The van der Waals surface area contributed by atoms with Crippen LogP contribution in [0.5, 0.6) is 11.5 Å².